The van der Waals surface area contributed by atoms with Gasteiger partial charge in [-0.1, -0.05) is 0 Å². The molecular weight excluding hydrogens is 304 g/mol. The van der Waals surface area contributed by atoms with Crippen LogP contribution in [0.4, 0.5) is 0 Å². The van der Waals surface area contributed by atoms with Crippen molar-refractivity contribution >= 4 is 0 Å². The normalized spacial score (nSPS) is 55.9. The molecule has 10 heteroatoms. The van der Waals surface area contributed by atoms with Gasteiger partial charge in [-0.05, 0) is 0 Å². The summed E-state index contributed by atoms with van der Waals surface area (Å²) in [5.41, 5.74) is 0. The predicted octanol–water partition coefficient (Wildman–Crippen LogP) is -4.35. The fourth-order valence-electron chi connectivity index (χ4n) is 2.91. The Labute approximate surface area is 125 Å². The van der Waals surface area contributed by atoms with Crippen molar-refractivity contribution < 1.29 is 49.6 Å². The van der Waals surface area contributed by atoms with E-state index >= 15 is 0 Å². The Morgan fingerprint density at radius 3 is 1.95 bits per heavy atom. The second-order valence-corrected chi connectivity index (χ2v) is 5.79. The maximum atomic E-state index is 10.0. The van der Waals surface area contributed by atoms with Crippen LogP contribution in [-0.2, 0) is 18.9 Å². The Hall–Kier alpha value is -0.400. The van der Waals surface area contributed by atoms with E-state index in [9.17, 15) is 25.5 Å². The molecule has 10 nitrogen and oxygen atoms in total. The van der Waals surface area contributed by atoms with E-state index in [0.29, 0.717) is 0 Å². The molecule has 3 aliphatic rings. The molecule has 0 aromatic rings. The number of hydrogen-bond donors (Lipinski definition) is 6. The maximum Gasteiger partial charge on any atom is 0.222 e. The highest BCUT2D eigenvalue weighted by atomic mass is 16.8. The number of rotatable bonds is 1. The van der Waals surface area contributed by atoms with Crippen molar-refractivity contribution in [3.8, 4) is 0 Å². The molecule has 0 aromatic carbocycles. The van der Waals surface area contributed by atoms with Crippen molar-refractivity contribution in [1.82, 2.24) is 0 Å². The Bertz CT molecular complexity index is 403. The van der Waals surface area contributed by atoms with Crippen LogP contribution in [0.25, 0.3) is 0 Å². The minimum absolute atomic E-state index is 0.264. The molecule has 0 saturated carbocycles. The monoisotopic (exact) mass is 324 g/mol. The second-order valence-electron chi connectivity index (χ2n) is 5.79. The molecule has 3 aliphatic heterocycles. The predicted molar refractivity (Wildman–Crippen MR) is 65.3 cm³/mol. The van der Waals surface area contributed by atoms with Gasteiger partial charge in [0.05, 0.1) is 13.2 Å². The van der Waals surface area contributed by atoms with Gasteiger partial charge in [0.2, 0.25) is 11.6 Å². The second kappa shape index (κ2) is 5.60. The zero-order valence-electron chi connectivity index (χ0n) is 11.6. The van der Waals surface area contributed by atoms with E-state index in [4.69, 9.17) is 24.1 Å². The number of aliphatic hydroxyl groups is 6. The van der Waals surface area contributed by atoms with Crippen LogP contribution in [0.1, 0.15) is 0 Å². The first-order chi connectivity index (χ1) is 10.4. The molecule has 0 bridgehead atoms. The van der Waals surface area contributed by atoms with E-state index in [1.165, 1.54) is 0 Å². The van der Waals surface area contributed by atoms with Gasteiger partial charge in [0.1, 0.15) is 49.8 Å². The minimum Gasteiger partial charge on any atom is -0.394 e. The van der Waals surface area contributed by atoms with E-state index in [2.05, 4.69) is 0 Å². The molecule has 3 heterocycles. The average Bonchev–Trinajstić information content (AvgIpc) is 2.77. The summed E-state index contributed by atoms with van der Waals surface area (Å²) in [6.45, 7) is -1.58. The summed E-state index contributed by atoms with van der Waals surface area (Å²) in [6.07, 6.45) is -8.14. The molecule has 0 radical (unpaired) electrons. The Morgan fingerprint density at radius 1 is 0.818 bits per heavy atom. The summed E-state index contributed by atoms with van der Waals surface area (Å²) < 4.78 is 21.5. The highest BCUT2D eigenvalue weighted by Gasteiger charge is 2.62. The Balaban J connectivity index is 1.73. The summed E-state index contributed by atoms with van der Waals surface area (Å²) in [5, 5.41) is 58.1. The van der Waals surface area contributed by atoms with Crippen LogP contribution in [0.15, 0.2) is 0 Å². The zero-order chi connectivity index (χ0) is 16.1. The van der Waals surface area contributed by atoms with Gasteiger partial charge < -0.3 is 49.6 Å². The molecular formula is C12H20O10. The van der Waals surface area contributed by atoms with E-state index in [-0.39, 0.29) is 6.61 Å². The van der Waals surface area contributed by atoms with Crippen LogP contribution in [0, 0.1) is 0 Å². The lowest BCUT2D eigenvalue weighted by atomic mass is 9.95. The number of hydrogen-bond acceptors (Lipinski definition) is 10. The largest absolute Gasteiger partial charge is 0.394 e. The summed E-state index contributed by atoms with van der Waals surface area (Å²) in [6, 6.07) is 0. The third-order valence-corrected chi connectivity index (χ3v) is 4.39. The third kappa shape index (κ3) is 2.27. The SMILES string of the molecule is OC[C@H]1O[C@@]2(CO[C@]3(CO2)OC[C@@H](O)C(O)C3O)C(O)C1O. The summed E-state index contributed by atoms with van der Waals surface area (Å²) in [4.78, 5) is 0. The van der Waals surface area contributed by atoms with Crippen molar-refractivity contribution in [3.05, 3.63) is 0 Å². The molecule has 22 heavy (non-hydrogen) atoms. The maximum absolute atomic E-state index is 10.0. The van der Waals surface area contributed by atoms with Crippen LogP contribution in [0.3, 0.4) is 0 Å². The van der Waals surface area contributed by atoms with Crippen molar-refractivity contribution in [2.24, 2.45) is 0 Å². The third-order valence-electron chi connectivity index (χ3n) is 4.39. The first-order valence-corrected chi connectivity index (χ1v) is 6.96. The summed E-state index contributed by atoms with van der Waals surface area (Å²) in [7, 11) is 0. The zero-order valence-corrected chi connectivity index (χ0v) is 11.6. The first kappa shape index (κ1) is 16.5. The van der Waals surface area contributed by atoms with Crippen molar-refractivity contribution in [3.63, 3.8) is 0 Å². The molecule has 3 saturated heterocycles. The molecule has 6 N–H and O–H groups in total. The molecule has 128 valence electrons. The molecule has 0 amide bonds. The van der Waals surface area contributed by atoms with E-state index in [0.717, 1.165) is 0 Å². The fraction of sp³-hybridized carbons (Fsp3) is 1.00. The standard InChI is InChI=1S/C12H20O10/c13-1-6-8(16)10(18)12(22-6)4-20-11(3-21-12)9(17)7(15)5(14)2-19-11/h5-10,13-18H,1-4H2/t5-,6-,7?,8?,9?,10?,11+,12+/m1/s1. The van der Waals surface area contributed by atoms with Crippen LogP contribution in [0.2, 0.25) is 0 Å². The Kier molecular flexibility index (Phi) is 4.19. The summed E-state index contributed by atoms with van der Waals surface area (Å²) in [5.74, 6) is -3.39. The number of ether oxygens (including phenoxy) is 4. The van der Waals surface area contributed by atoms with E-state index in [1.807, 2.05) is 0 Å². The van der Waals surface area contributed by atoms with Crippen LogP contribution in [0.5, 0.6) is 0 Å². The molecule has 0 aromatic heterocycles. The van der Waals surface area contributed by atoms with E-state index in [1.54, 1.807) is 0 Å². The lowest BCUT2D eigenvalue weighted by Gasteiger charge is -2.50. The van der Waals surface area contributed by atoms with Gasteiger partial charge in [0.15, 0.2) is 0 Å². The molecule has 4 unspecified atom stereocenters. The van der Waals surface area contributed by atoms with Gasteiger partial charge in [-0.15, -0.1) is 0 Å². The summed E-state index contributed by atoms with van der Waals surface area (Å²) >= 11 is 0. The first-order valence-electron chi connectivity index (χ1n) is 6.96. The molecule has 3 fully saturated rings. The van der Waals surface area contributed by atoms with E-state index < -0.39 is 68.0 Å². The van der Waals surface area contributed by atoms with Gasteiger partial charge in [0, 0.05) is 0 Å². The van der Waals surface area contributed by atoms with Gasteiger partial charge in [-0.3, -0.25) is 0 Å². The van der Waals surface area contributed by atoms with Crippen molar-refractivity contribution in [1.29, 1.82) is 0 Å². The van der Waals surface area contributed by atoms with Gasteiger partial charge in [-0.2, -0.15) is 0 Å². The molecule has 0 aliphatic carbocycles. The van der Waals surface area contributed by atoms with Crippen LogP contribution < -0.4 is 0 Å². The highest BCUT2D eigenvalue weighted by molar-refractivity contribution is 5.02. The van der Waals surface area contributed by atoms with Crippen LogP contribution >= 0.6 is 0 Å². The fourth-order valence-corrected chi connectivity index (χ4v) is 2.91. The highest BCUT2D eigenvalue weighted by Crippen LogP contribution is 2.40. The topological polar surface area (TPSA) is 158 Å². The smallest absolute Gasteiger partial charge is 0.222 e. The van der Waals surface area contributed by atoms with Crippen molar-refractivity contribution in [2.45, 2.75) is 48.2 Å². The minimum atomic E-state index is -1.70. The van der Waals surface area contributed by atoms with Gasteiger partial charge >= 0.3 is 0 Å². The molecule has 8 atom stereocenters. The molecule has 3 rings (SSSR count). The Morgan fingerprint density at radius 2 is 1.41 bits per heavy atom. The lowest BCUT2D eigenvalue weighted by molar-refractivity contribution is -0.430. The van der Waals surface area contributed by atoms with Gasteiger partial charge in [-0.25, -0.2) is 0 Å². The van der Waals surface area contributed by atoms with Crippen molar-refractivity contribution in [2.75, 3.05) is 26.4 Å². The molecule has 2 spiro atoms. The van der Waals surface area contributed by atoms with Crippen LogP contribution in [-0.4, -0.2) is 105 Å². The number of aliphatic hydroxyl groups excluding tert-OH is 6. The quantitative estimate of drug-likeness (QED) is 0.278. The van der Waals surface area contributed by atoms with Gasteiger partial charge in [0.25, 0.3) is 0 Å². The lowest BCUT2D eigenvalue weighted by Crippen LogP contribution is -2.69. The average molecular weight is 324 g/mol.